The lowest BCUT2D eigenvalue weighted by Crippen LogP contribution is -2.40. The quantitative estimate of drug-likeness (QED) is 0.228. The van der Waals surface area contributed by atoms with E-state index in [1.165, 1.54) is 35.5 Å². The Morgan fingerprint density at radius 1 is 1.09 bits per heavy atom. The first-order valence-corrected chi connectivity index (χ1v) is 17.5. The molecule has 1 amide bonds. The molecule has 1 aromatic heterocycles. The third-order valence-electron chi connectivity index (χ3n) is 7.48. The number of ether oxygens (including phenoxy) is 3. The van der Waals surface area contributed by atoms with Gasteiger partial charge in [0.05, 0.1) is 28.7 Å². The van der Waals surface area contributed by atoms with Crippen molar-refractivity contribution in [1.29, 1.82) is 0 Å². The predicted octanol–water partition coefficient (Wildman–Crippen LogP) is 5.48. The number of hydrogen-bond acceptors (Lipinski definition) is 9. The van der Waals surface area contributed by atoms with Crippen molar-refractivity contribution in [2.45, 2.75) is 35.6 Å². The number of esters is 1. The maximum atomic E-state index is 13.8. The summed E-state index contributed by atoms with van der Waals surface area (Å²) in [5.74, 6) is 0.822. The lowest BCUT2D eigenvalue weighted by molar-refractivity contribution is -0.150. The van der Waals surface area contributed by atoms with Gasteiger partial charge in [-0.05, 0) is 60.2 Å². The molecule has 3 aromatic rings. The van der Waals surface area contributed by atoms with Gasteiger partial charge in [-0.1, -0.05) is 35.3 Å². The Morgan fingerprint density at radius 3 is 2.49 bits per heavy atom. The molecular weight excluding hydrogens is 661 g/mol. The summed E-state index contributed by atoms with van der Waals surface area (Å²) in [6, 6.07) is 11.0. The van der Waals surface area contributed by atoms with Crippen molar-refractivity contribution in [1.82, 2.24) is 14.2 Å². The second kappa shape index (κ2) is 14.2. The third-order valence-corrected chi connectivity index (χ3v) is 11.3. The van der Waals surface area contributed by atoms with Crippen molar-refractivity contribution < 1.29 is 32.2 Å². The van der Waals surface area contributed by atoms with E-state index >= 15 is 0 Å². The highest BCUT2D eigenvalue weighted by Gasteiger charge is 2.42. The molecule has 1 saturated heterocycles. The van der Waals surface area contributed by atoms with Crippen molar-refractivity contribution in [2.75, 3.05) is 40.1 Å². The maximum Gasteiger partial charge on any atom is 0.335 e. The first-order chi connectivity index (χ1) is 21.5. The van der Waals surface area contributed by atoms with Crippen LogP contribution in [0.3, 0.4) is 0 Å². The molecule has 1 saturated carbocycles. The van der Waals surface area contributed by atoms with Crippen LogP contribution in [0.1, 0.15) is 40.4 Å². The van der Waals surface area contributed by atoms with E-state index in [4.69, 9.17) is 37.4 Å². The number of benzene rings is 2. The molecule has 240 valence electrons. The minimum absolute atomic E-state index is 0.0880. The maximum absolute atomic E-state index is 13.8. The second-order valence-electron chi connectivity index (χ2n) is 10.9. The molecule has 2 aliphatic rings. The van der Waals surface area contributed by atoms with Crippen molar-refractivity contribution in [3.63, 3.8) is 0 Å². The summed E-state index contributed by atoms with van der Waals surface area (Å²) in [6.07, 6.45) is 4.31. The number of halogens is 2. The van der Waals surface area contributed by atoms with Crippen LogP contribution in [0.15, 0.2) is 59.8 Å². The number of rotatable bonds is 12. The lowest BCUT2D eigenvalue weighted by Gasteiger charge is -2.26. The Balaban J connectivity index is 1.44. The Labute approximate surface area is 277 Å². The Kier molecular flexibility index (Phi) is 10.5. The molecule has 1 unspecified atom stereocenters. The highest BCUT2D eigenvalue weighted by molar-refractivity contribution is 8.02. The van der Waals surface area contributed by atoms with Crippen LogP contribution in [0.4, 0.5) is 0 Å². The molecule has 2 fully saturated rings. The number of methoxy groups -OCH3 is 1. The van der Waals surface area contributed by atoms with E-state index < -0.39 is 27.5 Å². The zero-order chi connectivity index (χ0) is 32.3. The first kappa shape index (κ1) is 33.3. The number of pyridine rings is 1. The van der Waals surface area contributed by atoms with Gasteiger partial charge in [0.1, 0.15) is 6.10 Å². The fourth-order valence-electron chi connectivity index (χ4n) is 4.81. The topological polar surface area (TPSA) is 115 Å². The molecule has 2 atom stereocenters. The standard InChI is InChI=1S/C31H33Cl2N3O7S2/c1-35(2)29(37)21-5-4-6-22(13-21)45(39,40)36-11-12-44-30(36)31(38)43-27(15-23-24(32)16-34-17-25(23)33)20-9-10-26(41-3)28(14-20)42-18-19-7-8-19/h4-6,9-10,13-14,16-17,19,27,30H,7-8,11-12,15,18H2,1-3H3/t27?,30-/m0/s1. The summed E-state index contributed by atoms with van der Waals surface area (Å²) in [5.41, 5.74) is 1.33. The van der Waals surface area contributed by atoms with Gasteiger partial charge in [-0.15, -0.1) is 11.8 Å². The monoisotopic (exact) mass is 693 g/mol. The van der Waals surface area contributed by atoms with Gasteiger partial charge in [0.2, 0.25) is 10.0 Å². The van der Waals surface area contributed by atoms with Gasteiger partial charge >= 0.3 is 5.97 Å². The number of carbonyl (C=O) groups excluding carboxylic acids is 2. The van der Waals surface area contributed by atoms with E-state index in [0.29, 0.717) is 50.9 Å². The molecule has 1 aliphatic carbocycles. The molecule has 1 aliphatic heterocycles. The van der Waals surface area contributed by atoms with Gasteiger partial charge in [0.25, 0.3) is 5.91 Å². The zero-order valence-corrected chi connectivity index (χ0v) is 28.1. The zero-order valence-electron chi connectivity index (χ0n) is 24.9. The van der Waals surface area contributed by atoms with Crippen molar-refractivity contribution in [3.8, 4) is 11.5 Å². The molecule has 45 heavy (non-hydrogen) atoms. The van der Waals surface area contributed by atoms with Crippen LogP contribution in [0, 0.1) is 5.92 Å². The van der Waals surface area contributed by atoms with Gasteiger partial charge < -0.3 is 19.1 Å². The minimum Gasteiger partial charge on any atom is -0.493 e. The molecule has 14 heteroatoms. The summed E-state index contributed by atoms with van der Waals surface area (Å²) in [6.45, 7) is 0.631. The summed E-state index contributed by atoms with van der Waals surface area (Å²) in [4.78, 5) is 31.6. The number of carbonyl (C=O) groups is 2. The van der Waals surface area contributed by atoms with Gasteiger partial charge in [-0.2, -0.15) is 4.31 Å². The first-order valence-electron chi connectivity index (χ1n) is 14.2. The molecule has 0 radical (unpaired) electrons. The third kappa shape index (κ3) is 7.69. The van der Waals surface area contributed by atoms with Gasteiger partial charge in [0.15, 0.2) is 16.9 Å². The Hall–Kier alpha value is -3.03. The number of hydrogen-bond donors (Lipinski definition) is 0. The average molecular weight is 695 g/mol. The fourth-order valence-corrected chi connectivity index (χ4v) is 8.43. The molecule has 5 rings (SSSR count). The van der Waals surface area contributed by atoms with Crippen molar-refractivity contribution in [3.05, 3.63) is 81.6 Å². The van der Waals surface area contributed by atoms with E-state index in [0.717, 1.165) is 28.9 Å². The van der Waals surface area contributed by atoms with Crippen LogP contribution >= 0.6 is 35.0 Å². The second-order valence-corrected chi connectivity index (χ2v) is 14.8. The SMILES string of the molecule is COc1ccc(C(Cc2c(Cl)cncc2Cl)OC(=O)[C@@H]2SCCN2S(=O)(=O)c2cccc(C(=O)N(C)C)c2)cc1OCC1CC1. The van der Waals surface area contributed by atoms with Crippen LogP contribution < -0.4 is 9.47 Å². The summed E-state index contributed by atoms with van der Waals surface area (Å²) in [5, 5.41) is -0.555. The number of nitrogens with zero attached hydrogens (tertiary/aromatic N) is 3. The van der Waals surface area contributed by atoms with Crippen LogP contribution in [-0.4, -0.2) is 80.0 Å². The van der Waals surface area contributed by atoms with Crippen LogP contribution in [0.25, 0.3) is 0 Å². The molecular formula is C31H33Cl2N3O7S2. The molecule has 2 aromatic carbocycles. The van der Waals surface area contributed by atoms with E-state index in [2.05, 4.69) is 4.98 Å². The minimum atomic E-state index is -4.16. The summed E-state index contributed by atoms with van der Waals surface area (Å²) < 4.78 is 46.3. The van der Waals surface area contributed by atoms with Crippen LogP contribution in [0.2, 0.25) is 10.0 Å². The number of amides is 1. The predicted molar refractivity (Wildman–Crippen MR) is 173 cm³/mol. The van der Waals surface area contributed by atoms with Gasteiger partial charge in [-0.25, -0.2) is 13.2 Å². The molecule has 2 heterocycles. The Morgan fingerprint density at radius 2 is 1.82 bits per heavy atom. The number of thioether (sulfide) groups is 1. The summed E-state index contributed by atoms with van der Waals surface area (Å²) >= 11 is 14.1. The van der Waals surface area contributed by atoms with Gasteiger partial charge in [-0.3, -0.25) is 9.78 Å². The molecule has 0 N–H and O–H groups in total. The largest absolute Gasteiger partial charge is 0.493 e. The number of aromatic nitrogens is 1. The smallest absolute Gasteiger partial charge is 0.335 e. The van der Waals surface area contributed by atoms with Crippen molar-refractivity contribution >= 4 is 56.9 Å². The molecule has 10 nitrogen and oxygen atoms in total. The fraction of sp³-hybridized carbons (Fsp3) is 0.387. The lowest BCUT2D eigenvalue weighted by atomic mass is 10.0. The highest BCUT2D eigenvalue weighted by Crippen LogP contribution is 2.39. The Bertz CT molecular complexity index is 1670. The molecule has 0 spiro atoms. The number of sulfonamides is 1. The van der Waals surface area contributed by atoms with E-state index in [9.17, 15) is 18.0 Å². The highest BCUT2D eigenvalue weighted by atomic mass is 35.5. The van der Waals surface area contributed by atoms with Crippen LogP contribution in [0.5, 0.6) is 11.5 Å². The van der Waals surface area contributed by atoms with Crippen LogP contribution in [-0.2, 0) is 26.0 Å². The van der Waals surface area contributed by atoms with E-state index in [1.54, 1.807) is 45.5 Å². The van der Waals surface area contributed by atoms with E-state index in [1.807, 2.05) is 0 Å². The van der Waals surface area contributed by atoms with E-state index in [-0.39, 0.29) is 29.3 Å². The van der Waals surface area contributed by atoms with Crippen molar-refractivity contribution in [2.24, 2.45) is 5.92 Å². The average Bonchev–Trinajstić information content (AvgIpc) is 3.72. The van der Waals surface area contributed by atoms with Gasteiger partial charge in [0, 0.05) is 50.8 Å². The normalized spacial score (nSPS) is 17.5. The summed E-state index contributed by atoms with van der Waals surface area (Å²) in [7, 11) is 0.556. The molecule has 0 bridgehead atoms.